The van der Waals surface area contributed by atoms with E-state index in [2.05, 4.69) is 11.3 Å². The van der Waals surface area contributed by atoms with Crippen molar-refractivity contribution in [3.63, 3.8) is 0 Å². The highest BCUT2D eigenvalue weighted by Crippen LogP contribution is 2.37. The summed E-state index contributed by atoms with van der Waals surface area (Å²) in [5, 5.41) is 11.3. The molecule has 2 fully saturated rings. The van der Waals surface area contributed by atoms with Crippen LogP contribution in [0.3, 0.4) is 0 Å². The van der Waals surface area contributed by atoms with Crippen LogP contribution in [0.4, 0.5) is 4.79 Å². The van der Waals surface area contributed by atoms with Crippen molar-refractivity contribution in [1.29, 1.82) is 0 Å². The molecule has 1 saturated heterocycles. The average Bonchev–Trinajstić information content (AvgIpc) is 2.49. The number of hydrogen-bond acceptors (Lipinski definition) is 3. The topological polar surface area (TPSA) is 67.8 Å². The van der Waals surface area contributed by atoms with Gasteiger partial charge in [-0.2, -0.15) is 0 Å². The SMILES string of the molecule is CC1(C)OB(C=C2CCC(NC(=O)O)CC2)OC1(C)C. The van der Waals surface area contributed by atoms with Crippen LogP contribution < -0.4 is 5.32 Å². The lowest BCUT2D eigenvalue weighted by atomic mass is 9.81. The van der Waals surface area contributed by atoms with Gasteiger partial charge in [-0.1, -0.05) is 11.5 Å². The van der Waals surface area contributed by atoms with Crippen molar-refractivity contribution in [3.8, 4) is 0 Å². The minimum atomic E-state index is -0.937. The zero-order valence-electron chi connectivity index (χ0n) is 12.7. The molecule has 0 bridgehead atoms. The normalized spacial score (nSPS) is 28.3. The summed E-state index contributed by atoms with van der Waals surface area (Å²) in [4.78, 5) is 10.6. The fourth-order valence-corrected chi connectivity index (χ4v) is 2.62. The van der Waals surface area contributed by atoms with Crippen molar-refractivity contribution in [1.82, 2.24) is 5.32 Å². The number of rotatable bonds is 2. The average molecular weight is 281 g/mol. The third-order valence-electron chi connectivity index (χ3n) is 4.60. The van der Waals surface area contributed by atoms with Crippen LogP contribution in [0.15, 0.2) is 11.5 Å². The molecule has 0 atom stereocenters. The molecule has 0 spiro atoms. The van der Waals surface area contributed by atoms with E-state index < -0.39 is 6.09 Å². The van der Waals surface area contributed by atoms with Crippen molar-refractivity contribution in [2.24, 2.45) is 0 Å². The number of allylic oxidation sites excluding steroid dienone is 1. The van der Waals surface area contributed by atoms with Gasteiger partial charge in [-0.05, 0) is 53.4 Å². The van der Waals surface area contributed by atoms with Crippen LogP contribution in [-0.2, 0) is 9.31 Å². The lowest BCUT2D eigenvalue weighted by Crippen LogP contribution is -2.41. The van der Waals surface area contributed by atoms with Gasteiger partial charge >= 0.3 is 13.2 Å². The van der Waals surface area contributed by atoms with E-state index in [9.17, 15) is 4.79 Å². The van der Waals surface area contributed by atoms with E-state index in [0.29, 0.717) is 0 Å². The molecule has 0 unspecified atom stereocenters. The van der Waals surface area contributed by atoms with Gasteiger partial charge in [-0.3, -0.25) is 0 Å². The van der Waals surface area contributed by atoms with Crippen molar-refractivity contribution < 1.29 is 19.2 Å². The van der Waals surface area contributed by atoms with Gasteiger partial charge in [0.25, 0.3) is 0 Å². The summed E-state index contributed by atoms with van der Waals surface area (Å²) in [7, 11) is -0.293. The van der Waals surface area contributed by atoms with Gasteiger partial charge in [-0.15, -0.1) is 0 Å². The molecular weight excluding hydrogens is 257 g/mol. The molecule has 6 heteroatoms. The molecule has 1 aliphatic carbocycles. The number of hydrogen-bond donors (Lipinski definition) is 2. The molecule has 0 aromatic carbocycles. The molecule has 1 saturated carbocycles. The molecule has 0 aromatic rings. The minimum absolute atomic E-state index is 0.0722. The van der Waals surface area contributed by atoms with E-state index in [1.807, 2.05) is 27.7 Å². The summed E-state index contributed by atoms with van der Waals surface area (Å²) in [6.45, 7) is 8.16. The Kier molecular flexibility index (Phi) is 4.16. The molecule has 112 valence electrons. The fraction of sp³-hybridized carbons (Fsp3) is 0.786. The quantitative estimate of drug-likeness (QED) is 0.764. The molecule has 2 rings (SSSR count). The van der Waals surface area contributed by atoms with Crippen LogP contribution in [0.5, 0.6) is 0 Å². The smallest absolute Gasteiger partial charge is 0.465 e. The van der Waals surface area contributed by atoms with Crippen molar-refractivity contribution in [2.75, 3.05) is 0 Å². The molecule has 2 aliphatic rings. The van der Waals surface area contributed by atoms with Crippen LogP contribution in [-0.4, -0.2) is 35.6 Å². The van der Waals surface area contributed by atoms with Gasteiger partial charge in [0.1, 0.15) is 0 Å². The van der Waals surface area contributed by atoms with E-state index in [0.717, 1.165) is 25.7 Å². The minimum Gasteiger partial charge on any atom is -0.465 e. The monoisotopic (exact) mass is 281 g/mol. The Morgan fingerprint density at radius 1 is 1.25 bits per heavy atom. The summed E-state index contributed by atoms with van der Waals surface area (Å²) in [5.41, 5.74) is 0.681. The van der Waals surface area contributed by atoms with Crippen LogP contribution in [0.1, 0.15) is 53.4 Å². The number of amides is 1. The Morgan fingerprint density at radius 3 is 2.20 bits per heavy atom. The Balaban J connectivity index is 1.90. The summed E-state index contributed by atoms with van der Waals surface area (Å²) < 4.78 is 11.9. The second-order valence-electron chi connectivity index (χ2n) is 6.67. The second-order valence-corrected chi connectivity index (χ2v) is 6.67. The van der Waals surface area contributed by atoms with Crippen LogP contribution in [0.2, 0.25) is 0 Å². The Hall–Kier alpha value is -1.01. The summed E-state index contributed by atoms with van der Waals surface area (Å²) in [6, 6.07) is 0.0722. The van der Waals surface area contributed by atoms with Crippen LogP contribution in [0, 0.1) is 0 Å². The van der Waals surface area contributed by atoms with Crippen LogP contribution >= 0.6 is 0 Å². The number of nitrogens with one attached hydrogen (secondary N) is 1. The molecule has 5 nitrogen and oxygen atoms in total. The first-order valence-corrected chi connectivity index (χ1v) is 7.24. The van der Waals surface area contributed by atoms with Gasteiger partial charge in [0, 0.05) is 6.04 Å². The standard InChI is InChI=1S/C14H24BNO4/c1-13(2)14(3,4)20-15(19-13)9-10-5-7-11(8-6-10)16-12(17)18/h9,11,16H,5-8H2,1-4H3,(H,17,18). The maximum absolute atomic E-state index is 10.6. The van der Waals surface area contributed by atoms with Gasteiger partial charge in [0.15, 0.2) is 0 Å². The summed E-state index contributed by atoms with van der Waals surface area (Å²) >= 11 is 0. The number of carboxylic acid groups (broad SMARTS) is 1. The Bertz CT molecular complexity index is 393. The first kappa shape index (κ1) is 15.4. The lowest BCUT2D eigenvalue weighted by molar-refractivity contribution is 0.00578. The largest absolute Gasteiger partial charge is 0.487 e. The highest BCUT2D eigenvalue weighted by Gasteiger charge is 2.50. The Labute approximate surface area is 120 Å². The molecule has 1 aliphatic heterocycles. The van der Waals surface area contributed by atoms with Gasteiger partial charge in [-0.25, -0.2) is 4.79 Å². The summed E-state index contributed by atoms with van der Waals surface area (Å²) in [5.74, 6) is 2.06. The van der Waals surface area contributed by atoms with Crippen molar-refractivity contribution in [3.05, 3.63) is 11.5 Å². The molecule has 1 heterocycles. The molecule has 0 radical (unpaired) electrons. The van der Waals surface area contributed by atoms with Crippen LogP contribution in [0.25, 0.3) is 0 Å². The zero-order valence-corrected chi connectivity index (χ0v) is 12.7. The Morgan fingerprint density at radius 2 is 1.75 bits per heavy atom. The zero-order chi connectivity index (χ0) is 15.0. The lowest BCUT2D eigenvalue weighted by Gasteiger charge is -2.32. The van der Waals surface area contributed by atoms with Gasteiger partial charge in [0.2, 0.25) is 0 Å². The maximum Gasteiger partial charge on any atom is 0.487 e. The van der Waals surface area contributed by atoms with E-state index in [-0.39, 0.29) is 24.4 Å². The predicted molar refractivity (Wildman–Crippen MR) is 77.6 cm³/mol. The van der Waals surface area contributed by atoms with Gasteiger partial charge < -0.3 is 19.7 Å². The first-order valence-electron chi connectivity index (χ1n) is 7.24. The number of carbonyl (C=O) groups is 1. The highest BCUT2D eigenvalue weighted by atomic mass is 16.7. The van der Waals surface area contributed by atoms with E-state index in [1.165, 1.54) is 5.57 Å². The molecule has 0 aromatic heterocycles. The molecule has 2 N–H and O–H groups in total. The molecule has 1 amide bonds. The third kappa shape index (κ3) is 3.36. The molecule has 20 heavy (non-hydrogen) atoms. The van der Waals surface area contributed by atoms with Gasteiger partial charge in [0.05, 0.1) is 11.2 Å². The van der Waals surface area contributed by atoms with Crippen molar-refractivity contribution >= 4 is 13.2 Å². The molecular formula is C14H24BNO4. The van der Waals surface area contributed by atoms with E-state index >= 15 is 0 Å². The third-order valence-corrected chi connectivity index (χ3v) is 4.60. The summed E-state index contributed by atoms with van der Waals surface area (Å²) in [6.07, 6.45) is 2.55. The second kappa shape index (κ2) is 5.41. The maximum atomic E-state index is 10.6. The first-order chi connectivity index (χ1) is 9.19. The van der Waals surface area contributed by atoms with Crippen molar-refractivity contribution in [2.45, 2.75) is 70.6 Å². The van der Waals surface area contributed by atoms with E-state index in [1.54, 1.807) is 0 Å². The van der Waals surface area contributed by atoms with E-state index in [4.69, 9.17) is 14.4 Å². The fourth-order valence-electron chi connectivity index (χ4n) is 2.62. The highest BCUT2D eigenvalue weighted by molar-refractivity contribution is 6.51. The predicted octanol–water partition coefficient (Wildman–Crippen LogP) is 2.75.